The molecule has 0 bridgehead atoms. The minimum Gasteiger partial charge on any atom is -0.457 e. The van der Waals surface area contributed by atoms with E-state index in [1.165, 1.54) is 0 Å². The summed E-state index contributed by atoms with van der Waals surface area (Å²) in [5.74, 6) is 1.05. The number of hydrogen-bond donors (Lipinski definition) is 2. The summed E-state index contributed by atoms with van der Waals surface area (Å²) in [6.07, 6.45) is 4.83. The van der Waals surface area contributed by atoms with Gasteiger partial charge >= 0.3 is 6.09 Å². The van der Waals surface area contributed by atoms with Crippen molar-refractivity contribution in [2.75, 3.05) is 19.8 Å². The third-order valence-electron chi connectivity index (χ3n) is 7.07. The minimum atomic E-state index is -1.17. The first-order chi connectivity index (χ1) is 20.8. The molecule has 2 amide bonds. The normalized spacial score (nSPS) is 15.2. The van der Waals surface area contributed by atoms with Crippen LogP contribution in [0, 0.1) is 0 Å². The van der Waals surface area contributed by atoms with Crippen molar-refractivity contribution in [2.24, 2.45) is 0 Å². The number of carbonyl (C=O) groups excluding carboxylic acids is 2. The number of pyridine rings is 1. The summed E-state index contributed by atoms with van der Waals surface area (Å²) in [4.78, 5) is 30.4. The van der Waals surface area contributed by atoms with Crippen molar-refractivity contribution >= 4 is 47.0 Å². The van der Waals surface area contributed by atoms with Crippen LogP contribution in [0.3, 0.4) is 0 Å². The highest BCUT2D eigenvalue weighted by Crippen LogP contribution is 2.35. The van der Waals surface area contributed by atoms with Crippen molar-refractivity contribution in [2.45, 2.75) is 90.1 Å². The van der Waals surface area contributed by atoms with E-state index >= 15 is 0 Å². The van der Waals surface area contributed by atoms with Crippen molar-refractivity contribution in [3.05, 3.63) is 52.8 Å². The molecule has 2 N–H and O–H groups in total. The fourth-order valence-electron chi connectivity index (χ4n) is 4.72. The molecule has 2 aromatic heterocycles. The molecule has 0 spiro atoms. The molecule has 4 rings (SSSR count). The summed E-state index contributed by atoms with van der Waals surface area (Å²) in [6, 6.07) is 9.64. The molecule has 1 saturated heterocycles. The SMILES string of the molecule is CC(C)(C)OC(=O)N[C@@H](Cc1ccc(Oc2ccnc3c2c(Br)cn3COCC[Si](C)(C)C)cc1)C(=O)NC1CCOCC1. The van der Waals surface area contributed by atoms with Gasteiger partial charge in [0.2, 0.25) is 5.91 Å². The van der Waals surface area contributed by atoms with Gasteiger partial charge < -0.3 is 34.1 Å². The number of nitrogens with zero attached hydrogens (tertiary/aromatic N) is 2. The Labute approximate surface area is 269 Å². The Morgan fingerprint density at radius 2 is 1.84 bits per heavy atom. The smallest absolute Gasteiger partial charge is 0.408 e. The van der Waals surface area contributed by atoms with Crippen molar-refractivity contribution in [1.82, 2.24) is 20.2 Å². The van der Waals surface area contributed by atoms with Crippen LogP contribution in [0.5, 0.6) is 11.5 Å². The van der Waals surface area contributed by atoms with Crippen LogP contribution in [0.25, 0.3) is 11.0 Å². The molecule has 1 fully saturated rings. The number of fused-ring (bicyclic) bond motifs is 1. The maximum Gasteiger partial charge on any atom is 0.408 e. The van der Waals surface area contributed by atoms with Gasteiger partial charge in [-0.3, -0.25) is 4.79 Å². The zero-order valence-corrected chi connectivity index (χ0v) is 29.2. The molecule has 3 aromatic rings. The van der Waals surface area contributed by atoms with Crippen molar-refractivity contribution in [3.8, 4) is 11.5 Å². The fourth-order valence-corrected chi connectivity index (χ4v) is 6.10. The molecule has 0 aliphatic carbocycles. The average molecular weight is 690 g/mol. The molecular weight excluding hydrogens is 644 g/mol. The molecule has 1 aliphatic heterocycles. The maximum absolute atomic E-state index is 13.2. The van der Waals surface area contributed by atoms with E-state index in [4.69, 9.17) is 18.9 Å². The third-order valence-corrected chi connectivity index (χ3v) is 9.37. The van der Waals surface area contributed by atoms with Crippen LogP contribution in [-0.2, 0) is 32.2 Å². The molecule has 0 saturated carbocycles. The lowest BCUT2D eigenvalue weighted by Crippen LogP contribution is -2.52. The lowest BCUT2D eigenvalue weighted by Gasteiger charge is -2.27. The number of amides is 2. The van der Waals surface area contributed by atoms with Gasteiger partial charge in [0.05, 0.1) is 5.39 Å². The highest BCUT2D eigenvalue weighted by molar-refractivity contribution is 9.10. The number of alkyl carbamates (subject to hydrolysis) is 1. The summed E-state index contributed by atoms with van der Waals surface area (Å²) in [5.41, 5.74) is 0.952. The number of aromatic nitrogens is 2. The molecule has 1 aromatic carbocycles. The van der Waals surface area contributed by atoms with E-state index in [2.05, 4.69) is 51.2 Å². The summed E-state index contributed by atoms with van der Waals surface area (Å²) in [6.45, 7) is 14.7. The molecule has 12 heteroatoms. The minimum absolute atomic E-state index is 0.0121. The van der Waals surface area contributed by atoms with Crippen LogP contribution in [0.4, 0.5) is 4.79 Å². The fraction of sp³-hybridized carbons (Fsp3) is 0.531. The van der Waals surface area contributed by atoms with Crippen LogP contribution < -0.4 is 15.4 Å². The Hall–Kier alpha value is -2.93. The predicted molar refractivity (Wildman–Crippen MR) is 177 cm³/mol. The molecule has 44 heavy (non-hydrogen) atoms. The summed E-state index contributed by atoms with van der Waals surface area (Å²) in [5, 5.41) is 6.68. The maximum atomic E-state index is 13.2. The monoisotopic (exact) mass is 688 g/mol. The number of ether oxygens (including phenoxy) is 4. The van der Waals surface area contributed by atoms with Crippen LogP contribution in [0.15, 0.2) is 47.2 Å². The Kier molecular flexibility index (Phi) is 11.5. The number of halogens is 1. The highest BCUT2D eigenvalue weighted by Gasteiger charge is 2.27. The second kappa shape index (κ2) is 14.9. The third kappa shape index (κ3) is 10.3. The van der Waals surface area contributed by atoms with Gasteiger partial charge in [0.1, 0.15) is 35.5 Å². The van der Waals surface area contributed by atoms with Crippen LogP contribution in [0.1, 0.15) is 39.2 Å². The van der Waals surface area contributed by atoms with Gasteiger partial charge in [-0.25, -0.2) is 9.78 Å². The van der Waals surface area contributed by atoms with Crippen LogP contribution in [0.2, 0.25) is 25.7 Å². The van der Waals surface area contributed by atoms with Gasteiger partial charge in [-0.15, -0.1) is 0 Å². The van der Waals surface area contributed by atoms with E-state index in [9.17, 15) is 9.59 Å². The van der Waals surface area contributed by atoms with Gasteiger partial charge in [-0.1, -0.05) is 31.8 Å². The standard InChI is InChI=1S/C32H45BrN4O6Si/c1-32(2,3)43-31(39)36-26(30(38)35-23-12-15-40-16-13-23)19-22-7-9-24(10-8-22)42-27-11-14-34-29-28(27)25(33)20-37(29)21-41-17-18-44(4,5)6/h7-11,14,20,23,26H,12-13,15-19,21H2,1-6H3,(H,35,38)(H,36,39)/t26-/m0/s1. The molecule has 10 nitrogen and oxygen atoms in total. The molecule has 1 aliphatic rings. The van der Waals surface area contributed by atoms with E-state index in [1.54, 1.807) is 27.0 Å². The quantitative estimate of drug-likeness (QED) is 0.162. The zero-order chi connectivity index (χ0) is 31.9. The number of rotatable bonds is 12. The highest BCUT2D eigenvalue weighted by atomic mass is 79.9. The molecular formula is C32H45BrN4O6Si. The number of nitrogens with one attached hydrogen (secondary N) is 2. The van der Waals surface area contributed by atoms with Gasteiger partial charge in [0.15, 0.2) is 0 Å². The number of hydrogen-bond acceptors (Lipinski definition) is 7. The second-order valence-electron chi connectivity index (χ2n) is 13.3. The lowest BCUT2D eigenvalue weighted by molar-refractivity contribution is -0.124. The molecule has 3 heterocycles. The summed E-state index contributed by atoms with van der Waals surface area (Å²) >= 11 is 3.67. The van der Waals surface area contributed by atoms with Gasteiger partial charge in [0, 0.05) is 57.2 Å². The topological polar surface area (TPSA) is 113 Å². The van der Waals surface area contributed by atoms with E-state index in [0.717, 1.165) is 46.6 Å². The second-order valence-corrected chi connectivity index (χ2v) is 19.8. The van der Waals surface area contributed by atoms with E-state index in [0.29, 0.717) is 37.9 Å². The summed E-state index contributed by atoms with van der Waals surface area (Å²) < 4.78 is 25.9. The molecule has 1 atom stereocenters. The predicted octanol–water partition coefficient (Wildman–Crippen LogP) is 6.63. The van der Waals surface area contributed by atoms with Crippen molar-refractivity contribution in [3.63, 3.8) is 0 Å². The van der Waals surface area contributed by atoms with E-state index < -0.39 is 25.8 Å². The Bertz CT molecular complexity index is 1410. The van der Waals surface area contributed by atoms with Crippen molar-refractivity contribution in [1.29, 1.82) is 0 Å². The van der Waals surface area contributed by atoms with E-state index in [-0.39, 0.29) is 11.9 Å². The van der Waals surface area contributed by atoms with Crippen LogP contribution in [-0.4, -0.2) is 67.1 Å². The number of carbonyl (C=O) groups is 2. The summed E-state index contributed by atoms with van der Waals surface area (Å²) in [7, 11) is -1.17. The van der Waals surface area contributed by atoms with Gasteiger partial charge in [0.25, 0.3) is 0 Å². The number of benzene rings is 1. The lowest BCUT2D eigenvalue weighted by atomic mass is 10.0. The average Bonchev–Trinajstić information content (AvgIpc) is 3.27. The van der Waals surface area contributed by atoms with E-state index in [1.807, 2.05) is 41.1 Å². The molecule has 240 valence electrons. The van der Waals surface area contributed by atoms with Gasteiger partial charge in [-0.05, 0) is 79.3 Å². The first kappa shape index (κ1) is 33.9. The Morgan fingerprint density at radius 3 is 2.50 bits per heavy atom. The first-order valence-electron chi connectivity index (χ1n) is 15.1. The van der Waals surface area contributed by atoms with Crippen molar-refractivity contribution < 1.29 is 28.5 Å². The Balaban J connectivity index is 1.44. The Morgan fingerprint density at radius 1 is 1.14 bits per heavy atom. The molecule has 0 radical (unpaired) electrons. The van der Waals surface area contributed by atoms with Crippen LogP contribution >= 0.6 is 15.9 Å². The largest absolute Gasteiger partial charge is 0.457 e. The van der Waals surface area contributed by atoms with Gasteiger partial charge in [-0.2, -0.15) is 0 Å². The molecule has 0 unspecified atom stereocenters. The zero-order valence-electron chi connectivity index (χ0n) is 26.6. The first-order valence-corrected chi connectivity index (χ1v) is 19.6.